The van der Waals surface area contributed by atoms with Gasteiger partial charge in [0.1, 0.15) is 0 Å². The lowest BCUT2D eigenvalue weighted by atomic mass is 9.87. The Bertz CT molecular complexity index is 840. The molecule has 1 aromatic carbocycles. The van der Waals surface area contributed by atoms with Crippen LogP contribution in [0.3, 0.4) is 0 Å². The van der Waals surface area contributed by atoms with E-state index in [0.717, 1.165) is 17.7 Å². The number of tetrazole rings is 1. The van der Waals surface area contributed by atoms with E-state index in [-0.39, 0.29) is 11.4 Å². The second kappa shape index (κ2) is 6.63. The maximum Gasteiger partial charge on any atom is 0.238 e. The molecule has 0 saturated heterocycles. The molecule has 0 saturated carbocycles. The van der Waals surface area contributed by atoms with Crippen molar-refractivity contribution in [2.45, 2.75) is 44.8 Å². The molecule has 0 bridgehead atoms. The number of hydrogen-bond donors (Lipinski definition) is 0. The molecule has 0 atom stereocenters. The molecule has 1 aromatic heterocycles. The molecule has 7 heteroatoms. The van der Waals surface area contributed by atoms with Crippen LogP contribution in [0.25, 0.3) is 5.57 Å². The largest absolute Gasteiger partial charge is 0.302 e. The molecule has 3 rings (SSSR count). The van der Waals surface area contributed by atoms with Gasteiger partial charge in [0, 0.05) is 12.6 Å². The number of nitrogens with zero attached hydrogens (tertiary/aromatic N) is 5. The standard InChI is InChI=1S/C18H23N5OS/c1-6-13-7-8-15-14(9-13)12(2)10-18(3,4)23(15)16(24)11-25-17-19-20-21-22(17)5/h7-10H,6,11H2,1-5H3. The Morgan fingerprint density at radius 2 is 2.08 bits per heavy atom. The quantitative estimate of drug-likeness (QED) is 0.787. The Morgan fingerprint density at radius 3 is 2.72 bits per heavy atom. The fraction of sp³-hybridized carbons (Fsp3) is 0.444. The van der Waals surface area contributed by atoms with Crippen LogP contribution in [0.1, 0.15) is 38.8 Å². The minimum atomic E-state index is -0.374. The van der Waals surface area contributed by atoms with Gasteiger partial charge in [-0.05, 0) is 60.9 Å². The summed E-state index contributed by atoms with van der Waals surface area (Å²) in [6.45, 7) is 8.39. The number of rotatable bonds is 4. The van der Waals surface area contributed by atoms with E-state index in [2.05, 4.69) is 67.5 Å². The van der Waals surface area contributed by atoms with E-state index in [1.807, 2.05) is 4.90 Å². The molecule has 25 heavy (non-hydrogen) atoms. The van der Waals surface area contributed by atoms with Gasteiger partial charge in [-0.1, -0.05) is 30.8 Å². The molecule has 1 aliphatic rings. The molecular formula is C18H23N5OS. The second-order valence-corrected chi connectivity index (χ2v) is 7.73. The summed E-state index contributed by atoms with van der Waals surface area (Å²) in [6.07, 6.45) is 3.15. The predicted molar refractivity (Wildman–Crippen MR) is 101 cm³/mol. The third-order valence-electron chi connectivity index (χ3n) is 4.44. The van der Waals surface area contributed by atoms with Crippen molar-refractivity contribution in [3.05, 3.63) is 35.4 Å². The van der Waals surface area contributed by atoms with Crippen LogP contribution in [-0.2, 0) is 18.3 Å². The fourth-order valence-corrected chi connectivity index (χ4v) is 3.99. The molecular weight excluding hydrogens is 334 g/mol. The molecule has 0 aliphatic carbocycles. The maximum absolute atomic E-state index is 13.0. The molecule has 0 fully saturated rings. The molecule has 2 heterocycles. The zero-order valence-corrected chi connectivity index (χ0v) is 16.1. The predicted octanol–water partition coefficient (Wildman–Crippen LogP) is 3.09. The van der Waals surface area contributed by atoms with Crippen LogP contribution in [0.5, 0.6) is 0 Å². The van der Waals surface area contributed by atoms with Gasteiger partial charge in [-0.2, -0.15) is 0 Å². The fourth-order valence-electron chi connectivity index (χ4n) is 3.29. The van der Waals surface area contributed by atoms with E-state index in [0.29, 0.717) is 10.9 Å². The van der Waals surface area contributed by atoms with Crippen LogP contribution in [0.4, 0.5) is 5.69 Å². The minimum Gasteiger partial charge on any atom is -0.302 e. The second-order valence-electron chi connectivity index (χ2n) is 6.79. The highest BCUT2D eigenvalue weighted by Crippen LogP contribution is 2.39. The van der Waals surface area contributed by atoms with Crippen LogP contribution in [0.2, 0.25) is 0 Å². The molecule has 1 amide bonds. The first-order valence-electron chi connectivity index (χ1n) is 8.34. The first kappa shape index (κ1) is 17.7. The number of amides is 1. The van der Waals surface area contributed by atoms with Gasteiger partial charge in [0.25, 0.3) is 0 Å². The zero-order chi connectivity index (χ0) is 18.2. The summed E-state index contributed by atoms with van der Waals surface area (Å²) in [4.78, 5) is 14.9. The summed E-state index contributed by atoms with van der Waals surface area (Å²) in [5, 5.41) is 12.0. The molecule has 0 N–H and O–H groups in total. The Morgan fingerprint density at radius 1 is 1.32 bits per heavy atom. The molecule has 0 spiro atoms. The highest BCUT2D eigenvalue weighted by Gasteiger charge is 2.35. The Kier molecular flexibility index (Phi) is 4.69. The van der Waals surface area contributed by atoms with Gasteiger partial charge in [0.2, 0.25) is 11.1 Å². The van der Waals surface area contributed by atoms with Gasteiger partial charge in [-0.3, -0.25) is 4.79 Å². The number of thioether (sulfide) groups is 1. The van der Waals surface area contributed by atoms with Crippen molar-refractivity contribution in [2.75, 3.05) is 10.7 Å². The SMILES string of the molecule is CCc1ccc2c(c1)C(C)=CC(C)(C)N2C(=O)CSc1nnnn1C. The number of allylic oxidation sites excluding steroid dienone is 1. The number of carbonyl (C=O) groups is 1. The molecule has 2 aromatic rings. The van der Waals surface area contributed by atoms with Gasteiger partial charge < -0.3 is 4.90 Å². The Hall–Kier alpha value is -2.15. The Labute approximate surface area is 152 Å². The van der Waals surface area contributed by atoms with E-state index in [4.69, 9.17) is 0 Å². The average molecular weight is 357 g/mol. The van der Waals surface area contributed by atoms with E-state index >= 15 is 0 Å². The first-order chi connectivity index (χ1) is 11.8. The monoisotopic (exact) mass is 357 g/mol. The van der Waals surface area contributed by atoms with Crippen LogP contribution < -0.4 is 4.90 Å². The number of anilines is 1. The highest BCUT2D eigenvalue weighted by atomic mass is 32.2. The number of fused-ring (bicyclic) bond motifs is 1. The molecule has 132 valence electrons. The van der Waals surface area contributed by atoms with Crippen molar-refractivity contribution in [1.29, 1.82) is 0 Å². The number of aromatic nitrogens is 4. The van der Waals surface area contributed by atoms with Crippen molar-refractivity contribution in [2.24, 2.45) is 7.05 Å². The number of carbonyl (C=O) groups excluding carboxylic acids is 1. The topological polar surface area (TPSA) is 63.9 Å². The van der Waals surface area contributed by atoms with E-state index < -0.39 is 0 Å². The van der Waals surface area contributed by atoms with Gasteiger partial charge in [-0.25, -0.2) is 4.68 Å². The Balaban J connectivity index is 1.91. The summed E-state index contributed by atoms with van der Waals surface area (Å²) in [5.74, 6) is 0.340. The van der Waals surface area contributed by atoms with Crippen LogP contribution in [0, 0.1) is 0 Å². The third-order valence-corrected chi connectivity index (χ3v) is 5.43. The first-order valence-corrected chi connectivity index (χ1v) is 9.33. The van der Waals surface area contributed by atoms with E-state index in [1.165, 1.54) is 22.9 Å². The van der Waals surface area contributed by atoms with Gasteiger partial charge >= 0.3 is 0 Å². The summed E-state index contributed by atoms with van der Waals surface area (Å²) in [5.41, 5.74) is 4.23. The lowest BCUT2D eigenvalue weighted by Gasteiger charge is -2.41. The number of hydrogen-bond acceptors (Lipinski definition) is 5. The molecule has 0 radical (unpaired) electrons. The van der Waals surface area contributed by atoms with Crippen LogP contribution in [0.15, 0.2) is 29.4 Å². The maximum atomic E-state index is 13.0. The van der Waals surface area contributed by atoms with Crippen molar-refractivity contribution >= 4 is 28.9 Å². The number of benzene rings is 1. The lowest BCUT2D eigenvalue weighted by Crippen LogP contribution is -2.49. The average Bonchev–Trinajstić information content (AvgIpc) is 2.97. The highest BCUT2D eigenvalue weighted by molar-refractivity contribution is 7.99. The summed E-state index contributed by atoms with van der Waals surface area (Å²) < 4.78 is 1.57. The summed E-state index contributed by atoms with van der Waals surface area (Å²) >= 11 is 1.35. The minimum absolute atomic E-state index is 0.0484. The summed E-state index contributed by atoms with van der Waals surface area (Å²) in [6, 6.07) is 6.36. The van der Waals surface area contributed by atoms with Crippen molar-refractivity contribution in [3.8, 4) is 0 Å². The van der Waals surface area contributed by atoms with Crippen LogP contribution >= 0.6 is 11.8 Å². The zero-order valence-electron chi connectivity index (χ0n) is 15.3. The van der Waals surface area contributed by atoms with Crippen molar-refractivity contribution in [1.82, 2.24) is 20.2 Å². The van der Waals surface area contributed by atoms with E-state index in [9.17, 15) is 4.79 Å². The summed E-state index contributed by atoms with van der Waals surface area (Å²) in [7, 11) is 1.77. The smallest absolute Gasteiger partial charge is 0.238 e. The molecule has 6 nitrogen and oxygen atoms in total. The van der Waals surface area contributed by atoms with Gasteiger partial charge in [0.15, 0.2) is 0 Å². The number of aryl methyl sites for hydroxylation is 2. The lowest BCUT2D eigenvalue weighted by molar-refractivity contribution is -0.116. The van der Waals surface area contributed by atoms with Gasteiger partial charge in [-0.15, -0.1) is 5.10 Å². The van der Waals surface area contributed by atoms with Gasteiger partial charge in [0.05, 0.1) is 17.0 Å². The van der Waals surface area contributed by atoms with E-state index in [1.54, 1.807) is 11.7 Å². The normalized spacial score (nSPS) is 15.7. The van der Waals surface area contributed by atoms with Crippen molar-refractivity contribution < 1.29 is 4.79 Å². The third kappa shape index (κ3) is 3.33. The van der Waals surface area contributed by atoms with Crippen molar-refractivity contribution in [3.63, 3.8) is 0 Å². The molecule has 0 unspecified atom stereocenters. The molecule has 1 aliphatic heterocycles. The van der Waals surface area contributed by atoms with Crippen LogP contribution in [-0.4, -0.2) is 37.4 Å².